The Morgan fingerprint density at radius 2 is 1.89 bits per heavy atom. The van der Waals surface area contributed by atoms with E-state index in [1.807, 2.05) is 42.2 Å². The molecule has 5 heteroatoms. The van der Waals surface area contributed by atoms with Gasteiger partial charge in [0.15, 0.2) is 6.10 Å². The Bertz CT molecular complexity index is 393. The van der Waals surface area contributed by atoms with Crippen molar-refractivity contribution in [3.8, 4) is 0 Å². The van der Waals surface area contributed by atoms with E-state index in [4.69, 9.17) is 4.74 Å². The molecule has 1 aromatic rings. The molecule has 0 spiro atoms. The Balaban J connectivity index is 2.03. The minimum atomic E-state index is -4.29. The molecule has 1 fully saturated rings. The van der Waals surface area contributed by atoms with Crippen molar-refractivity contribution in [2.45, 2.75) is 38.3 Å². The molecule has 2 atom stereocenters. The van der Waals surface area contributed by atoms with Crippen LogP contribution in [0.25, 0.3) is 0 Å². The van der Waals surface area contributed by atoms with Crippen LogP contribution in [0, 0.1) is 0 Å². The van der Waals surface area contributed by atoms with E-state index in [0.29, 0.717) is 19.5 Å². The maximum absolute atomic E-state index is 12.8. The molecule has 0 amide bonds. The lowest BCUT2D eigenvalue weighted by molar-refractivity contribution is -0.254. The van der Waals surface area contributed by atoms with Crippen LogP contribution in [0.5, 0.6) is 0 Å². The minimum absolute atomic E-state index is 0.0884. The van der Waals surface area contributed by atoms with Crippen LogP contribution in [0.2, 0.25) is 0 Å². The van der Waals surface area contributed by atoms with E-state index < -0.39 is 12.3 Å². The fourth-order valence-corrected chi connectivity index (χ4v) is 2.29. The summed E-state index contributed by atoms with van der Waals surface area (Å²) in [6.07, 6.45) is -5.71. The summed E-state index contributed by atoms with van der Waals surface area (Å²) in [6.45, 7) is 2.85. The van der Waals surface area contributed by atoms with Gasteiger partial charge in [0.05, 0.1) is 6.10 Å². The molecular weight excluding hydrogens is 255 g/mol. The van der Waals surface area contributed by atoms with Gasteiger partial charge in [-0.05, 0) is 12.0 Å². The number of nitrogens with zero attached hydrogens (tertiary/aromatic N) is 1. The highest BCUT2D eigenvalue weighted by Crippen LogP contribution is 2.29. The van der Waals surface area contributed by atoms with Crippen LogP contribution in [0.4, 0.5) is 13.2 Å². The smallest absolute Gasteiger partial charge is 0.363 e. The van der Waals surface area contributed by atoms with Crippen molar-refractivity contribution >= 4 is 0 Å². The first-order chi connectivity index (χ1) is 8.99. The molecule has 0 N–H and O–H groups in total. The summed E-state index contributed by atoms with van der Waals surface area (Å²) in [5.74, 6) is 0. The molecule has 2 rings (SSSR count). The number of morpholine rings is 1. The Morgan fingerprint density at radius 3 is 2.47 bits per heavy atom. The zero-order valence-corrected chi connectivity index (χ0v) is 10.9. The number of alkyl halides is 3. The minimum Gasteiger partial charge on any atom is -0.363 e. The lowest BCUT2D eigenvalue weighted by Gasteiger charge is -2.38. The second-order valence-corrected chi connectivity index (χ2v) is 4.88. The fraction of sp³-hybridized carbons (Fsp3) is 0.571. The number of ether oxygens (including phenoxy) is 1. The quantitative estimate of drug-likeness (QED) is 0.838. The third-order valence-corrected chi connectivity index (χ3v) is 3.31. The molecule has 0 aliphatic carbocycles. The third-order valence-electron chi connectivity index (χ3n) is 3.31. The van der Waals surface area contributed by atoms with Crippen molar-refractivity contribution in [3.05, 3.63) is 35.9 Å². The summed E-state index contributed by atoms with van der Waals surface area (Å²) in [4.78, 5) is 1.82. The van der Waals surface area contributed by atoms with Gasteiger partial charge in [-0.3, -0.25) is 4.90 Å². The molecule has 1 heterocycles. The highest BCUT2D eigenvalue weighted by atomic mass is 19.4. The van der Waals surface area contributed by atoms with Crippen molar-refractivity contribution in [3.63, 3.8) is 0 Å². The van der Waals surface area contributed by atoms with Gasteiger partial charge in [0.1, 0.15) is 0 Å². The van der Waals surface area contributed by atoms with Gasteiger partial charge in [-0.25, -0.2) is 0 Å². The number of halogens is 3. The van der Waals surface area contributed by atoms with Gasteiger partial charge in [0.25, 0.3) is 0 Å². The molecule has 0 bridgehead atoms. The van der Waals surface area contributed by atoms with E-state index in [1.54, 1.807) is 0 Å². The Kier molecular flexibility index (Phi) is 4.47. The van der Waals surface area contributed by atoms with E-state index in [-0.39, 0.29) is 12.6 Å². The van der Waals surface area contributed by atoms with Gasteiger partial charge in [0, 0.05) is 19.6 Å². The first kappa shape index (κ1) is 14.3. The van der Waals surface area contributed by atoms with Crippen molar-refractivity contribution in [2.24, 2.45) is 0 Å². The summed E-state index contributed by atoms with van der Waals surface area (Å²) in [7, 11) is 0. The predicted molar refractivity (Wildman–Crippen MR) is 66.7 cm³/mol. The standard InChI is InChI=1S/C14H18F3NO/c1-2-12-9-18(8-11-6-4-3-5-7-11)10-13(19-12)14(15,16)17/h3-7,12-13H,2,8-10H2,1H3/t12-,13+/m0/s1. The Hall–Kier alpha value is -1.07. The zero-order chi connectivity index (χ0) is 13.9. The SMILES string of the molecule is CC[C@H]1CN(Cc2ccccc2)C[C@H](C(F)(F)F)O1. The normalized spacial score (nSPS) is 25.5. The molecule has 0 aromatic heterocycles. The Labute approximate surface area is 111 Å². The maximum atomic E-state index is 12.8. The van der Waals surface area contributed by atoms with Crippen LogP contribution in [0.3, 0.4) is 0 Å². The third kappa shape index (κ3) is 3.94. The number of benzene rings is 1. The van der Waals surface area contributed by atoms with E-state index in [9.17, 15) is 13.2 Å². The number of hydrogen-bond donors (Lipinski definition) is 0. The summed E-state index contributed by atoms with van der Waals surface area (Å²) in [6, 6.07) is 9.55. The lowest BCUT2D eigenvalue weighted by atomic mass is 10.1. The second-order valence-electron chi connectivity index (χ2n) is 4.88. The van der Waals surface area contributed by atoms with Crippen LogP contribution >= 0.6 is 0 Å². The molecule has 1 aliphatic rings. The predicted octanol–water partition coefficient (Wildman–Crippen LogP) is 3.23. The van der Waals surface area contributed by atoms with Gasteiger partial charge < -0.3 is 4.74 Å². The van der Waals surface area contributed by atoms with Gasteiger partial charge >= 0.3 is 6.18 Å². The molecule has 2 nitrogen and oxygen atoms in total. The molecule has 0 radical (unpaired) electrons. The molecule has 19 heavy (non-hydrogen) atoms. The summed E-state index contributed by atoms with van der Waals surface area (Å²) in [5, 5.41) is 0. The van der Waals surface area contributed by atoms with Crippen LogP contribution in [-0.4, -0.2) is 36.4 Å². The van der Waals surface area contributed by atoms with E-state index in [1.165, 1.54) is 0 Å². The molecule has 0 unspecified atom stereocenters. The van der Waals surface area contributed by atoms with Crippen molar-refractivity contribution in [1.82, 2.24) is 4.90 Å². The maximum Gasteiger partial charge on any atom is 0.415 e. The molecule has 1 saturated heterocycles. The monoisotopic (exact) mass is 273 g/mol. The van der Waals surface area contributed by atoms with Gasteiger partial charge in [-0.2, -0.15) is 13.2 Å². The van der Waals surface area contributed by atoms with Crippen molar-refractivity contribution < 1.29 is 17.9 Å². The second kappa shape index (κ2) is 5.92. The highest BCUT2D eigenvalue weighted by molar-refractivity contribution is 5.14. The Morgan fingerprint density at radius 1 is 1.21 bits per heavy atom. The summed E-state index contributed by atoms with van der Waals surface area (Å²) >= 11 is 0. The molecule has 1 aromatic carbocycles. The largest absolute Gasteiger partial charge is 0.415 e. The van der Waals surface area contributed by atoms with E-state index in [0.717, 1.165) is 5.56 Å². The average molecular weight is 273 g/mol. The number of rotatable bonds is 3. The van der Waals surface area contributed by atoms with Crippen molar-refractivity contribution in [2.75, 3.05) is 13.1 Å². The van der Waals surface area contributed by atoms with E-state index in [2.05, 4.69) is 0 Å². The molecular formula is C14H18F3NO. The fourth-order valence-electron chi connectivity index (χ4n) is 2.29. The van der Waals surface area contributed by atoms with Crippen molar-refractivity contribution in [1.29, 1.82) is 0 Å². The van der Waals surface area contributed by atoms with Crippen LogP contribution < -0.4 is 0 Å². The molecule has 1 aliphatic heterocycles. The summed E-state index contributed by atoms with van der Waals surface area (Å²) in [5.41, 5.74) is 1.03. The average Bonchev–Trinajstić information content (AvgIpc) is 2.38. The van der Waals surface area contributed by atoms with Crippen LogP contribution in [0.15, 0.2) is 30.3 Å². The van der Waals surface area contributed by atoms with Gasteiger partial charge in [-0.15, -0.1) is 0 Å². The molecule has 106 valence electrons. The summed E-state index contributed by atoms with van der Waals surface area (Å²) < 4.78 is 43.5. The van der Waals surface area contributed by atoms with Gasteiger partial charge in [-0.1, -0.05) is 37.3 Å². The first-order valence-corrected chi connectivity index (χ1v) is 6.47. The zero-order valence-electron chi connectivity index (χ0n) is 10.9. The van der Waals surface area contributed by atoms with Crippen LogP contribution in [-0.2, 0) is 11.3 Å². The van der Waals surface area contributed by atoms with Gasteiger partial charge in [0.2, 0.25) is 0 Å². The molecule has 0 saturated carbocycles. The highest BCUT2D eigenvalue weighted by Gasteiger charge is 2.45. The lowest BCUT2D eigenvalue weighted by Crippen LogP contribution is -2.52. The van der Waals surface area contributed by atoms with E-state index >= 15 is 0 Å². The van der Waals surface area contributed by atoms with Crippen LogP contribution in [0.1, 0.15) is 18.9 Å². The number of hydrogen-bond acceptors (Lipinski definition) is 2. The first-order valence-electron chi connectivity index (χ1n) is 6.47. The topological polar surface area (TPSA) is 12.5 Å².